The fourth-order valence-electron chi connectivity index (χ4n) is 3.03. The zero-order valence-electron chi connectivity index (χ0n) is 15.8. The number of nitrogens with zero attached hydrogens (tertiary/aromatic N) is 4. The summed E-state index contributed by atoms with van der Waals surface area (Å²) in [6, 6.07) is 0. The van der Waals surface area contributed by atoms with Crippen molar-refractivity contribution >= 4 is 34.3 Å². The lowest BCUT2D eigenvalue weighted by molar-refractivity contribution is -0.0307. The van der Waals surface area contributed by atoms with Crippen LogP contribution in [-0.4, -0.2) is 38.3 Å². The highest BCUT2D eigenvalue weighted by Gasteiger charge is 2.27. The van der Waals surface area contributed by atoms with E-state index in [9.17, 15) is 0 Å². The molecule has 3 heterocycles. The van der Waals surface area contributed by atoms with Crippen molar-refractivity contribution < 1.29 is 9.47 Å². The van der Waals surface area contributed by atoms with Crippen molar-refractivity contribution in [2.24, 2.45) is 0 Å². The average Bonchev–Trinajstić information content (AvgIpc) is 2.94. The van der Waals surface area contributed by atoms with Gasteiger partial charge in [-0.25, -0.2) is 4.98 Å². The molecule has 1 N–H and O–H groups in total. The highest BCUT2D eigenvalue weighted by atomic mass is 35.5. The molecule has 0 aromatic carbocycles. The van der Waals surface area contributed by atoms with E-state index < -0.39 is 0 Å². The Bertz CT molecular complexity index is 806. The van der Waals surface area contributed by atoms with Crippen LogP contribution in [0.15, 0.2) is 6.58 Å². The van der Waals surface area contributed by atoms with Crippen molar-refractivity contribution in [3.8, 4) is 0 Å². The molecular formula is C18H26ClN5O2. The number of fused-ring (bicyclic) bond motifs is 1. The summed E-state index contributed by atoms with van der Waals surface area (Å²) in [5.74, 6) is 1.67. The van der Waals surface area contributed by atoms with Crippen LogP contribution in [-0.2, 0) is 9.47 Å². The number of rotatable bonds is 5. The summed E-state index contributed by atoms with van der Waals surface area (Å²) in [5, 5.41) is 3.52. The number of hydrogen-bond donors (Lipinski definition) is 1. The molecule has 0 spiro atoms. The molecule has 0 bridgehead atoms. The second-order valence-corrected chi connectivity index (χ2v) is 7.71. The van der Waals surface area contributed by atoms with Crippen molar-refractivity contribution in [3.05, 3.63) is 17.7 Å². The fourth-order valence-corrected chi connectivity index (χ4v) is 3.19. The molecule has 142 valence electrons. The van der Waals surface area contributed by atoms with E-state index in [0.29, 0.717) is 41.8 Å². The van der Waals surface area contributed by atoms with Gasteiger partial charge in [-0.15, -0.1) is 0 Å². The summed E-state index contributed by atoms with van der Waals surface area (Å²) in [7, 11) is 0. The largest absolute Gasteiger partial charge is 0.491 e. The summed E-state index contributed by atoms with van der Waals surface area (Å²) in [5.41, 5.74) is 1.06. The van der Waals surface area contributed by atoms with Crippen LogP contribution in [0.4, 0.5) is 5.82 Å². The van der Waals surface area contributed by atoms with Gasteiger partial charge < -0.3 is 14.8 Å². The Morgan fingerprint density at radius 3 is 2.73 bits per heavy atom. The zero-order valence-corrected chi connectivity index (χ0v) is 16.6. The summed E-state index contributed by atoms with van der Waals surface area (Å²) in [6.45, 7) is 13.3. The Morgan fingerprint density at radius 1 is 1.35 bits per heavy atom. The summed E-state index contributed by atoms with van der Waals surface area (Å²) in [6.07, 6.45) is 2.84. The van der Waals surface area contributed by atoms with Gasteiger partial charge in [0.05, 0.1) is 6.61 Å². The second-order valence-electron chi connectivity index (χ2n) is 7.37. The Hall–Kier alpha value is -1.86. The Kier molecular flexibility index (Phi) is 5.39. The van der Waals surface area contributed by atoms with E-state index in [1.54, 1.807) is 0 Å². The molecule has 1 aliphatic heterocycles. The van der Waals surface area contributed by atoms with E-state index >= 15 is 0 Å². The maximum absolute atomic E-state index is 6.22. The van der Waals surface area contributed by atoms with E-state index in [-0.39, 0.29) is 17.1 Å². The zero-order chi connectivity index (χ0) is 18.9. The number of nitrogens with one attached hydrogen (secondary N) is 1. The van der Waals surface area contributed by atoms with E-state index in [1.807, 2.05) is 11.5 Å². The van der Waals surface area contributed by atoms with E-state index in [1.165, 1.54) is 0 Å². The number of halogens is 1. The minimum atomic E-state index is -0.202. The van der Waals surface area contributed by atoms with Crippen molar-refractivity contribution in [1.82, 2.24) is 19.5 Å². The molecule has 0 saturated carbocycles. The van der Waals surface area contributed by atoms with Gasteiger partial charge in [0.1, 0.15) is 6.23 Å². The van der Waals surface area contributed by atoms with Gasteiger partial charge in [0.25, 0.3) is 0 Å². The van der Waals surface area contributed by atoms with Crippen LogP contribution < -0.4 is 5.32 Å². The monoisotopic (exact) mass is 379 g/mol. The number of anilines is 1. The molecule has 1 fully saturated rings. The molecule has 2 aromatic heterocycles. The number of imidazole rings is 1. The number of aromatic nitrogens is 4. The van der Waals surface area contributed by atoms with Crippen LogP contribution >= 0.6 is 11.6 Å². The molecule has 0 aliphatic carbocycles. The van der Waals surface area contributed by atoms with Crippen LogP contribution in [0.2, 0.25) is 5.28 Å². The van der Waals surface area contributed by atoms with Crippen molar-refractivity contribution in [2.75, 3.05) is 18.5 Å². The van der Waals surface area contributed by atoms with Crippen molar-refractivity contribution in [1.29, 1.82) is 0 Å². The maximum atomic E-state index is 6.22. The smallest absolute Gasteiger partial charge is 0.226 e. The molecule has 0 amide bonds. The molecule has 1 unspecified atom stereocenters. The predicted molar refractivity (Wildman–Crippen MR) is 103 cm³/mol. The molecule has 2 aromatic rings. The fraction of sp³-hybridized carbons (Fsp3) is 0.611. The Balaban J connectivity index is 2.20. The molecule has 3 rings (SSSR count). The predicted octanol–water partition coefficient (Wildman–Crippen LogP) is 4.40. The number of ether oxygens (including phenoxy) is 2. The molecule has 7 nitrogen and oxygen atoms in total. The van der Waals surface area contributed by atoms with Crippen LogP contribution in [0.3, 0.4) is 0 Å². The first-order valence-corrected chi connectivity index (χ1v) is 9.35. The van der Waals surface area contributed by atoms with Crippen LogP contribution in [0.25, 0.3) is 16.9 Å². The minimum Gasteiger partial charge on any atom is -0.491 e. The lowest BCUT2D eigenvalue weighted by Crippen LogP contribution is -2.27. The number of hydrogen-bond acceptors (Lipinski definition) is 6. The Labute approximate surface area is 158 Å². The van der Waals surface area contributed by atoms with E-state index in [0.717, 1.165) is 19.3 Å². The van der Waals surface area contributed by atoms with Gasteiger partial charge >= 0.3 is 0 Å². The standard InChI is InChI=1S/C18H26ClN5O2/c1-6-25-11(2)15-20-13-14(23-18(3,4)5)21-17(19)22-16(13)24(15)12-9-7-8-10-26-12/h12H,2,6-10H2,1,3-5H3,(H,21,22,23). The van der Waals surface area contributed by atoms with E-state index in [2.05, 4.69) is 42.6 Å². The van der Waals surface area contributed by atoms with Crippen molar-refractivity contribution in [3.63, 3.8) is 0 Å². The first-order chi connectivity index (χ1) is 12.3. The van der Waals surface area contributed by atoms with E-state index in [4.69, 9.17) is 26.1 Å². The Morgan fingerprint density at radius 2 is 2.12 bits per heavy atom. The molecule has 0 radical (unpaired) electrons. The topological polar surface area (TPSA) is 74.1 Å². The summed E-state index contributed by atoms with van der Waals surface area (Å²) in [4.78, 5) is 13.5. The molecule has 26 heavy (non-hydrogen) atoms. The lowest BCUT2D eigenvalue weighted by atomic mass is 10.1. The quantitative estimate of drug-likeness (QED) is 0.613. The highest BCUT2D eigenvalue weighted by molar-refractivity contribution is 6.28. The maximum Gasteiger partial charge on any atom is 0.226 e. The first-order valence-electron chi connectivity index (χ1n) is 8.97. The summed E-state index contributed by atoms with van der Waals surface area (Å²) < 4.78 is 13.5. The lowest BCUT2D eigenvalue weighted by Gasteiger charge is -2.26. The van der Waals surface area contributed by atoms with Gasteiger partial charge in [0.2, 0.25) is 5.28 Å². The second kappa shape index (κ2) is 7.40. The van der Waals surface area contributed by atoms with Gasteiger partial charge in [0, 0.05) is 12.1 Å². The van der Waals surface area contributed by atoms with Gasteiger partial charge in [-0.1, -0.05) is 6.58 Å². The third kappa shape index (κ3) is 3.94. The molecule has 1 saturated heterocycles. The highest BCUT2D eigenvalue weighted by Crippen LogP contribution is 2.33. The molecule has 8 heteroatoms. The van der Waals surface area contributed by atoms with Gasteiger partial charge in [0.15, 0.2) is 28.6 Å². The minimum absolute atomic E-state index is 0.162. The van der Waals surface area contributed by atoms with Crippen molar-refractivity contribution in [2.45, 2.75) is 58.7 Å². The summed E-state index contributed by atoms with van der Waals surface area (Å²) >= 11 is 6.22. The van der Waals surface area contributed by atoms with Crippen LogP contribution in [0, 0.1) is 0 Å². The molecule has 1 aliphatic rings. The normalized spacial score (nSPS) is 18.1. The van der Waals surface area contributed by atoms with Gasteiger partial charge in [-0.2, -0.15) is 9.97 Å². The molecule has 1 atom stereocenters. The third-order valence-corrected chi connectivity index (χ3v) is 4.19. The molecular weight excluding hydrogens is 354 g/mol. The van der Waals surface area contributed by atoms with Gasteiger partial charge in [-0.3, -0.25) is 4.57 Å². The third-order valence-electron chi connectivity index (χ3n) is 4.02. The first kappa shape index (κ1) is 18.9. The SMILES string of the molecule is C=C(OCC)c1nc2c(NC(C)(C)C)nc(Cl)nc2n1C1CCCCO1. The van der Waals surface area contributed by atoms with Crippen LogP contribution in [0.1, 0.15) is 59.0 Å². The van der Waals surface area contributed by atoms with Gasteiger partial charge in [-0.05, 0) is 58.6 Å². The van der Waals surface area contributed by atoms with Crippen LogP contribution in [0.5, 0.6) is 0 Å². The average molecular weight is 380 g/mol.